The van der Waals surface area contributed by atoms with Crippen LogP contribution in [0.25, 0.3) is 0 Å². The van der Waals surface area contributed by atoms with E-state index in [0.29, 0.717) is 17.1 Å². The van der Waals surface area contributed by atoms with Crippen LogP contribution in [0.5, 0.6) is 0 Å². The van der Waals surface area contributed by atoms with Gasteiger partial charge in [-0.2, -0.15) is 0 Å². The van der Waals surface area contributed by atoms with E-state index < -0.39 is 5.92 Å². The monoisotopic (exact) mass is 345 g/mol. The van der Waals surface area contributed by atoms with Gasteiger partial charge < -0.3 is 14.6 Å². The van der Waals surface area contributed by atoms with Crippen molar-refractivity contribution in [1.82, 2.24) is 10.3 Å². The minimum atomic E-state index is -0.449. The molecule has 1 saturated heterocycles. The van der Waals surface area contributed by atoms with Crippen molar-refractivity contribution in [3.63, 3.8) is 0 Å². The Morgan fingerprint density at radius 1 is 1.40 bits per heavy atom. The largest absolute Gasteiger partial charge is 0.444 e. The Morgan fingerprint density at radius 2 is 2.16 bits per heavy atom. The van der Waals surface area contributed by atoms with Crippen molar-refractivity contribution in [2.45, 2.75) is 33.7 Å². The summed E-state index contributed by atoms with van der Waals surface area (Å²) in [5.74, 6) is 0.0326. The summed E-state index contributed by atoms with van der Waals surface area (Å²) < 4.78 is 18.8. The fourth-order valence-electron chi connectivity index (χ4n) is 2.85. The molecule has 1 aliphatic rings. The average Bonchev–Trinajstić information content (AvgIpc) is 3.11. The lowest BCUT2D eigenvalue weighted by Gasteiger charge is -2.17. The van der Waals surface area contributed by atoms with Crippen molar-refractivity contribution < 1.29 is 18.4 Å². The van der Waals surface area contributed by atoms with Crippen LogP contribution in [0, 0.1) is 32.5 Å². The number of carbonyl (C=O) groups excluding carboxylic acids is 2. The summed E-state index contributed by atoms with van der Waals surface area (Å²) in [6.07, 6.45) is 0.131. The number of carbonyl (C=O) groups is 2. The van der Waals surface area contributed by atoms with Crippen LogP contribution in [0.4, 0.5) is 10.1 Å². The van der Waals surface area contributed by atoms with Gasteiger partial charge in [0.1, 0.15) is 11.6 Å². The summed E-state index contributed by atoms with van der Waals surface area (Å²) >= 11 is 0. The fourth-order valence-corrected chi connectivity index (χ4v) is 2.85. The molecule has 132 valence electrons. The van der Waals surface area contributed by atoms with Crippen molar-refractivity contribution >= 4 is 17.5 Å². The molecule has 1 atom stereocenters. The molecule has 1 fully saturated rings. The normalized spacial score (nSPS) is 17.2. The molecule has 3 rings (SSSR count). The summed E-state index contributed by atoms with van der Waals surface area (Å²) in [6.45, 7) is 5.76. The average molecular weight is 345 g/mol. The highest BCUT2D eigenvalue weighted by molar-refractivity contribution is 6.00. The number of hydrogen-bond donors (Lipinski definition) is 1. The molecule has 0 saturated carbocycles. The number of oxazole rings is 1. The number of amides is 2. The van der Waals surface area contributed by atoms with E-state index in [1.54, 1.807) is 19.1 Å². The van der Waals surface area contributed by atoms with Gasteiger partial charge in [-0.15, -0.1) is 0 Å². The number of anilines is 1. The molecule has 25 heavy (non-hydrogen) atoms. The topological polar surface area (TPSA) is 75.4 Å². The first-order chi connectivity index (χ1) is 11.8. The van der Waals surface area contributed by atoms with Crippen molar-refractivity contribution in [2.75, 3.05) is 11.4 Å². The third kappa shape index (κ3) is 3.55. The first kappa shape index (κ1) is 17.1. The lowest BCUT2D eigenvalue weighted by Crippen LogP contribution is -2.32. The maximum Gasteiger partial charge on any atom is 0.227 e. The second kappa shape index (κ2) is 6.66. The summed E-state index contributed by atoms with van der Waals surface area (Å²) in [7, 11) is 0. The van der Waals surface area contributed by atoms with E-state index in [2.05, 4.69) is 10.3 Å². The lowest BCUT2D eigenvalue weighted by atomic mass is 10.1. The highest BCUT2D eigenvalue weighted by Gasteiger charge is 2.35. The van der Waals surface area contributed by atoms with Crippen LogP contribution >= 0.6 is 0 Å². The number of rotatable bonds is 4. The molecule has 1 aromatic carbocycles. The molecule has 1 N–H and O–H groups in total. The Hall–Kier alpha value is -2.70. The maximum atomic E-state index is 13.4. The SMILES string of the molecule is Cc1cc(N2C[C@H](C(=O)NCc3nc(C)c(C)o3)CC2=O)ccc1F. The van der Waals surface area contributed by atoms with Crippen LogP contribution in [0.3, 0.4) is 0 Å². The van der Waals surface area contributed by atoms with Gasteiger partial charge in [-0.05, 0) is 44.5 Å². The van der Waals surface area contributed by atoms with Gasteiger partial charge in [0.15, 0.2) is 0 Å². The van der Waals surface area contributed by atoms with Crippen LogP contribution < -0.4 is 10.2 Å². The zero-order valence-electron chi connectivity index (χ0n) is 14.4. The number of hydrogen-bond acceptors (Lipinski definition) is 4. The van der Waals surface area contributed by atoms with Crippen molar-refractivity contribution in [3.05, 3.63) is 46.9 Å². The van der Waals surface area contributed by atoms with E-state index in [9.17, 15) is 14.0 Å². The molecule has 0 radical (unpaired) electrons. The standard InChI is InChI=1S/C18H20FN3O3/c1-10-6-14(4-5-15(10)19)22-9-13(7-17(22)23)18(24)20-8-16-21-11(2)12(3)25-16/h4-6,13H,7-9H2,1-3H3,(H,20,24)/t13-/m1/s1. The Kier molecular flexibility index (Phi) is 4.57. The third-order valence-corrected chi connectivity index (χ3v) is 4.44. The van der Waals surface area contributed by atoms with Crippen molar-refractivity contribution in [2.24, 2.45) is 5.92 Å². The van der Waals surface area contributed by atoms with Crippen molar-refractivity contribution in [1.29, 1.82) is 0 Å². The van der Waals surface area contributed by atoms with E-state index in [0.717, 1.165) is 11.5 Å². The molecular weight excluding hydrogens is 325 g/mol. The summed E-state index contributed by atoms with van der Waals surface area (Å²) in [5.41, 5.74) is 1.86. The molecule has 0 spiro atoms. The van der Waals surface area contributed by atoms with E-state index in [1.807, 2.05) is 13.8 Å². The van der Waals surface area contributed by atoms with E-state index in [-0.39, 0.29) is 37.1 Å². The number of aryl methyl sites for hydroxylation is 3. The van der Waals surface area contributed by atoms with Gasteiger partial charge in [-0.1, -0.05) is 0 Å². The summed E-state index contributed by atoms with van der Waals surface area (Å²) in [4.78, 5) is 30.3. The van der Waals surface area contributed by atoms with Crippen LogP contribution in [-0.4, -0.2) is 23.3 Å². The molecule has 2 heterocycles. The van der Waals surface area contributed by atoms with Gasteiger partial charge in [-0.25, -0.2) is 9.37 Å². The second-order valence-electron chi connectivity index (χ2n) is 6.31. The summed E-state index contributed by atoms with van der Waals surface area (Å²) in [5, 5.41) is 2.76. The van der Waals surface area contributed by atoms with Gasteiger partial charge in [0, 0.05) is 18.7 Å². The predicted octanol–water partition coefficient (Wildman–Crippen LogP) is 2.41. The third-order valence-electron chi connectivity index (χ3n) is 4.44. The number of halogens is 1. The number of benzene rings is 1. The molecule has 6 nitrogen and oxygen atoms in total. The van der Waals surface area contributed by atoms with Gasteiger partial charge in [0.05, 0.1) is 18.2 Å². The van der Waals surface area contributed by atoms with Crippen molar-refractivity contribution in [3.8, 4) is 0 Å². The first-order valence-corrected chi connectivity index (χ1v) is 8.12. The number of nitrogens with zero attached hydrogens (tertiary/aromatic N) is 2. The minimum Gasteiger partial charge on any atom is -0.444 e. The maximum absolute atomic E-state index is 13.4. The second-order valence-corrected chi connectivity index (χ2v) is 6.31. The molecular formula is C18H20FN3O3. The predicted molar refractivity (Wildman–Crippen MR) is 89.4 cm³/mol. The Balaban J connectivity index is 1.63. The molecule has 1 aliphatic heterocycles. The molecule has 0 unspecified atom stereocenters. The van der Waals surface area contributed by atoms with Gasteiger partial charge in [0.25, 0.3) is 0 Å². The lowest BCUT2D eigenvalue weighted by molar-refractivity contribution is -0.126. The van der Waals surface area contributed by atoms with Crippen LogP contribution in [0.15, 0.2) is 22.6 Å². The summed E-state index contributed by atoms with van der Waals surface area (Å²) in [6, 6.07) is 4.50. The highest BCUT2D eigenvalue weighted by atomic mass is 19.1. The highest BCUT2D eigenvalue weighted by Crippen LogP contribution is 2.26. The number of aromatic nitrogens is 1. The zero-order chi connectivity index (χ0) is 18.1. The molecule has 7 heteroatoms. The molecule has 0 bridgehead atoms. The Labute approximate surface area is 145 Å². The fraction of sp³-hybridized carbons (Fsp3) is 0.389. The number of nitrogens with one attached hydrogen (secondary N) is 1. The zero-order valence-corrected chi connectivity index (χ0v) is 14.4. The molecule has 2 aromatic rings. The van der Waals surface area contributed by atoms with E-state index in [1.165, 1.54) is 11.0 Å². The van der Waals surface area contributed by atoms with Crippen LogP contribution in [-0.2, 0) is 16.1 Å². The smallest absolute Gasteiger partial charge is 0.227 e. The van der Waals surface area contributed by atoms with Gasteiger partial charge in [0.2, 0.25) is 17.7 Å². The molecule has 0 aliphatic carbocycles. The van der Waals surface area contributed by atoms with Gasteiger partial charge in [-0.3, -0.25) is 9.59 Å². The van der Waals surface area contributed by atoms with Crippen LogP contribution in [0.1, 0.15) is 29.3 Å². The van der Waals surface area contributed by atoms with E-state index >= 15 is 0 Å². The molecule has 2 amide bonds. The Bertz CT molecular complexity index is 811. The molecule has 1 aromatic heterocycles. The van der Waals surface area contributed by atoms with Crippen LogP contribution in [0.2, 0.25) is 0 Å². The quantitative estimate of drug-likeness (QED) is 0.923. The van der Waals surface area contributed by atoms with Gasteiger partial charge >= 0.3 is 0 Å². The Morgan fingerprint density at radius 3 is 2.80 bits per heavy atom. The first-order valence-electron chi connectivity index (χ1n) is 8.12. The minimum absolute atomic E-state index is 0.131. The van der Waals surface area contributed by atoms with E-state index in [4.69, 9.17) is 4.42 Å².